The highest BCUT2D eigenvalue weighted by molar-refractivity contribution is 9.09. The fourth-order valence-electron chi connectivity index (χ4n) is 1.92. The Labute approximate surface area is 95.9 Å². The van der Waals surface area contributed by atoms with Crippen molar-refractivity contribution >= 4 is 15.9 Å². The SMILES string of the molecule is CCC(Br)c1c(C)c(C)cc(C)c1C. The summed E-state index contributed by atoms with van der Waals surface area (Å²) in [6.45, 7) is 11.1. The van der Waals surface area contributed by atoms with Gasteiger partial charge in [0.2, 0.25) is 0 Å². The van der Waals surface area contributed by atoms with E-state index in [0.29, 0.717) is 4.83 Å². The predicted octanol–water partition coefficient (Wildman–Crippen LogP) is 4.77. The van der Waals surface area contributed by atoms with Crippen molar-refractivity contribution in [1.82, 2.24) is 0 Å². The van der Waals surface area contributed by atoms with Crippen molar-refractivity contribution in [1.29, 1.82) is 0 Å². The summed E-state index contributed by atoms with van der Waals surface area (Å²) in [7, 11) is 0. The van der Waals surface area contributed by atoms with Crippen molar-refractivity contribution in [2.75, 3.05) is 0 Å². The number of hydrogen-bond acceptors (Lipinski definition) is 0. The van der Waals surface area contributed by atoms with Crippen LogP contribution in [0.4, 0.5) is 0 Å². The van der Waals surface area contributed by atoms with Crippen LogP contribution >= 0.6 is 15.9 Å². The lowest BCUT2D eigenvalue weighted by Gasteiger charge is -2.18. The standard InChI is InChI=1S/C13H19Br/c1-6-12(14)13-10(4)8(2)7-9(3)11(13)5/h7,12H,6H2,1-5H3. The van der Waals surface area contributed by atoms with Crippen molar-refractivity contribution in [2.45, 2.75) is 45.9 Å². The van der Waals surface area contributed by atoms with Crippen LogP contribution in [0.5, 0.6) is 0 Å². The maximum Gasteiger partial charge on any atom is 0.0398 e. The van der Waals surface area contributed by atoms with Crippen LogP contribution in [-0.2, 0) is 0 Å². The van der Waals surface area contributed by atoms with Gasteiger partial charge in [0.15, 0.2) is 0 Å². The van der Waals surface area contributed by atoms with Crippen LogP contribution in [0.25, 0.3) is 0 Å². The van der Waals surface area contributed by atoms with Gasteiger partial charge in [0.25, 0.3) is 0 Å². The number of rotatable bonds is 2. The van der Waals surface area contributed by atoms with Gasteiger partial charge < -0.3 is 0 Å². The van der Waals surface area contributed by atoms with Crippen molar-refractivity contribution in [2.24, 2.45) is 0 Å². The number of hydrogen-bond donors (Lipinski definition) is 0. The van der Waals surface area contributed by atoms with Gasteiger partial charge >= 0.3 is 0 Å². The molecule has 0 saturated heterocycles. The largest absolute Gasteiger partial charge is 0.0839 e. The maximum atomic E-state index is 3.75. The Morgan fingerprint density at radius 1 is 1.07 bits per heavy atom. The Morgan fingerprint density at radius 2 is 1.50 bits per heavy atom. The number of alkyl halides is 1. The molecule has 1 aromatic rings. The van der Waals surface area contributed by atoms with E-state index in [9.17, 15) is 0 Å². The number of benzene rings is 1. The van der Waals surface area contributed by atoms with Crippen molar-refractivity contribution < 1.29 is 0 Å². The molecule has 1 atom stereocenters. The van der Waals surface area contributed by atoms with E-state index in [1.165, 1.54) is 27.8 Å². The van der Waals surface area contributed by atoms with E-state index in [1.807, 2.05) is 0 Å². The molecule has 0 fully saturated rings. The molecule has 0 bridgehead atoms. The molecular formula is C13H19Br. The zero-order valence-electron chi connectivity index (χ0n) is 9.74. The van der Waals surface area contributed by atoms with Gasteiger partial charge in [-0.25, -0.2) is 0 Å². The van der Waals surface area contributed by atoms with Crippen LogP contribution in [0, 0.1) is 27.7 Å². The normalized spacial score (nSPS) is 13.0. The topological polar surface area (TPSA) is 0 Å². The lowest BCUT2D eigenvalue weighted by atomic mass is 9.92. The zero-order chi connectivity index (χ0) is 10.9. The second-order valence-corrected chi connectivity index (χ2v) is 5.16. The fraction of sp³-hybridized carbons (Fsp3) is 0.538. The molecule has 0 N–H and O–H groups in total. The molecule has 0 heterocycles. The summed E-state index contributed by atoms with van der Waals surface area (Å²) in [5.74, 6) is 0. The van der Waals surface area contributed by atoms with E-state index in [4.69, 9.17) is 0 Å². The molecule has 0 nitrogen and oxygen atoms in total. The molecule has 1 unspecified atom stereocenters. The van der Waals surface area contributed by atoms with Crippen LogP contribution in [0.3, 0.4) is 0 Å². The van der Waals surface area contributed by atoms with Gasteiger partial charge in [-0.2, -0.15) is 0 Å². The molecule has 1 aromatic carbocycles. The summed E-state index contributed by atoms with van der Waals surface area (Å²) < 4.78 is 0. The lowest BCUT2D eigenvalue weighted by molar-refractivity contribution is 0.887. The molecule has 0 aliphatic rings. The average molecular weight is 255 g/mol. The first-order chi connectivity index (χ1) is 6.49. The van der Waals surface area contributed by atoms with Gasteiger partial charge in [-0.15, -0.1) is 0 Å². The quantitative estimate of drug-likeness (QED) is 0.668. The molecular weight excluding hydrogens is 236 g/mol. The Bertz CT molecular complexity index is 313. The summed E-state index contributed by atoms with van der Waals surface area (Å²) in [6.07, 6.45) is 1.14. The van der Waals surface area contributed by atoms with Gasteiger partial charge in [-0.1, -0.05) is 28.9 Å². The third kappa shape index (κ3) is 2.03. The predicted molar refractivity (Wildman–Crippen MR) is 67.3 cm³/mol. The number of aryl methyl sites for hydroxylation is 2. The van der Waals surface area contributed by atoms with Gasteiger partial charge in [0, 0.05) is 4.83 Å². The Morgan fingerprint density at radius 3 is 1.86 bits per heavy atom. The van der Waals surface area contributed by atoms with Crippen molar-refractivity contribution in [3.8, 4) is 0 Å². The molecule has 0 aromatic heterocycles. The minimum absolute atomic E-state index is 0.501. The smallest absolute Gasteiger partial charge is 0.0398 e. The van der Waals surface area contributed by atoms with Crippen molar-refractivity contribution in [3.05, 3.63) is 33.9 Å². The number of halogens is 1. The third-order valence-electron chi connectivity index (χ3n) is 3.10. The Hall–Kier alpha value is -0.300. The summed E-state index contributed by atoms with van der Waals surface area (Å²) >= 11 is 3.75. The second kappa shape index (κ2) is 4.48. The van der Waals surface area contributed by atoms with E-state index in [1.54, 1.807) is 0 Å². The molecule has 1 rings (SSSR count). The van der Waals surface area contributed by atoms with Crippen LogP contribution in [0.1, 0.15) is 46.0 Å². The molecule has 0 aliphatic heterocycles. The average Bonchev–Trinajstić information content (AvgIpc) is 2.15. The van der Waals surface area contributed by atoms with E-state index < -0.39 is 0 Å². The fourth-order valence-corrected chi connectivity index (χ4v) is 2.61. The highest BCUT2D eigenvalue weighted by Gasteiger charge is 2.14. The minimum atomic E-state index is 0.501. The van der Waals surface area contributed by atoms with Crippen LogP contribution in [0.15, 0.2) is 6.07 Å². The molecule has 14 heavy (non-hydrogen) atoms. The molecule has 0 amide bonds. The highest BCUT2D eigenvalue weighted by atomic mass is 79.9. The molecule has 0 spiro atoms. The highest BCUT2D eigenvalue weighted by Crippen LogP contribution is 2.34. The van der Waals surface area contributed by atoms with Crippen LogP contribution in [-0.4, -0.2) is 0 Å². The van der Waals surface area contributed by atoms with E-state index >= 15 is 0 Å². The third-order valence-corrected chi connectivity index (χ3v) is 4.20. The summed E-state index contributed by atoms with van der Waals surface area (Å²) in [5, 5.41) is 0. The minimum Gasteiger partial charge on any atom is -0.0839 e. The van der Waals surface area contributed by atoms with Crippen LogP contribution in [0.2, 0.25) is 0 Å². The molecule has 78 valence electrons. The molecule has 0 saturated carbocycles. The lowest BCUT2D eigenvalue weighted by Crippen LogP contribution is -2.01. The molecule has 0 radical (unpaired) electrons. The van der Waals surface area contributed by atoms with Gasteiger partial charge in [0.1, 0.15) is 0 Å². The first-order valence-electron chi connectivity index (χ1n) is 5.20. The molecule has 0 aliphatic carbocycles. The first-order valence-corrected chi connectivity index (χ1v) is 6.12. The second-order valence-electron chi connectivity index (χ2n) is 4.05. The Kier molecular flexibility index (Phi) is 3.77. The van der Waals surface area contributed by atoms with E-state index in [-0.39, 0.29) is 0 Å². The maximum absolute atomic E-state index is 3.75. The van der Waals surface area contributed by atoms with Crippen LogP contribution < -0.4 is 0 Å². The zero-order valence-corrected chi connectivity index (χ0v) is 11.3. The van der Waals surface area contributed by atoms with Gasteiger partial charge in [-0.3, -0.25) is 0 Å². The summed E-state index contributed by atoms with van der Waals surface area (Å²) in [4.78, 5) is 0.501. The van der Waals surface area contributed by atoms with E-state index in [2.05, 4.69) is 56.6 Å². The summed E-state index contributed by atoms with van der Waals surface area (Å²) in [5.41, 5.74) is 7.18. The molecule has 1 heteroatoms. The summed E-state index contributed by atoms with van der Waals surface area (Å²) in [6, 6.07) is 2.28. The first kappa shape index (κ1) is 11.8. The Balaban J connectivity index is 3.39. The van der Waals surface area contributed by atoms with Gasteiger partial charge in [-0.05, 0) is 61.9 Å². The van der Waals surface area contributed by atoms with E-state index in [0.717, 1.165) is 6.42 Å². The monoisotopic (exact) mass is 254 g/mol. The van der Waals surface area contributed by atoms with Gasteiger partial charge in [0.05, 0.1) is 0 Å². The van der Waals surface area contributed by atoms with Crippen molar-refractivity contribution in [3.63, 3.8) is 0 Å².